The molecule has 0 bridgehead atoms. The number of carboxylic acids is 1. The average Bonchev–Trinajstić information content (AvgIpc) is 3.34. The number of fused-ring (bicyclic) bond motifs is 1. The first-order valence-corrected chi connectivity index (χ1v) is 11.7. The number of carboxylic acid groups (broad SMARTS) is 1. The molecular weight excluding hydrogens is 430 g/mol. The van der Waals surface area contributed by atoms with Crippen LogP contribution in [0, 0.1) is 0 Å². The summed E-state index contributed by atoms with van der Waals surface area (Å²) in [6, 6.07) is 0. The van der Waals surface area contributed by atoms with Crippen molar-refractivity contribution < 1.29 is 30.0 Å². The summed E-state index contributed by atoms with van der Waals surface area (Å²) in [7, 11) is 0. The van der Waals surface area contributed by atoms with Gasteiger partial charge in [0.2, 0.25) is 0 Å². The molecule has 11 nitrogen and oxygen atoms in total. The minimum Gasteiger partial charge on any atom is -0.481 e. The number of aliphatic hydroxyl groups is 3. The monoisotopic (exact) mass is 465 g/mol. The van der Waals surface area contributed by atoms with Crippen LogP contribution in [0.2, 0.25) is 0 Å². The molecule has 0 saturated carbocycles. The molecular formula is C22H35N5O6. The zero-order chi connectivity index (χ0) is 23.8. The molecule has 33 heavy (non-hydrogen) atoms. The Labute approximate surface area is 192 Å². The molecule has 5 atom stereocenters. The summed E-state index contributed by atoms with van der Waals surface area (Å²) in [5, 5.41) is 40.1. The molecule has 0 amide bonds. The number of nitrogen functional groups attached to an aromatic ring is 1. The molecule has 184 valence electrons. The maximum atomic E-state index is 10.6. The Morgan fingerprint density at radius 2 is 1.64 bits per heavy atom. The Kier molecular flexibility index (Phi) is 9.36. The maximum Gasteiger partial charge on any atom is 0.303 e. The van der Waals surface area contributed by atoms with E-state index < -0.39 is 36.6 Å². The highest BCUT2D eigenvalue weighted by Crippen LogP contribution is 2.34. The lowest BCUT2D eigenvalue weighted by Crippen LogP contribution is -2.38. The molecule has 0 aromatic carbocycles. The maximum absolute atomic E-state index is 10.6. The Morgan fingerprint density at radius 1 is 1.00 bits per heavy atom. The van der Waals surface area contributed by atoms with Gasteiger partial charge in [0.15, 0.2) is 17.7 Å². The molecule has 0 radical (unpaired) electrons. The van der Waals surface area contributed by atoms with Gasteiger partial charge in [-0.1, -0.05) is 51.4 Å². The summed E-state index contributed by atoms with van der Waals surface area (Å²) in [6.45, 7) is 0. The largest absolute Gasteiger partial charge is 0.481 e. The fourth-order valence-corrected chi connectivity index (χ4v) is 4.32. The van der Waals surface area contributed by atoms with Crippen molar-refractivity contribution in [1.29, 1.82) is 0 Å². The smallest absolute Gasteiger partial charge is 0.303 e. The van der Waals surface area contributed by atoms with Gasteiger partial charge >= 0.3 is 5.97 Å². The quantitative estimate of drug-likeness (QED) is 0.258. The molecule has 0 spiro atoms. The SMILES string of the molecule is Nc1ncnc2c1ncn2[C@@H]1O[C@H](C(O)CCCCCCCCCCCC(=O)O)[C@@H](O)[C@H]1O. The second-order valence-corrected chi connectivity index (χ2v) is 8.74. The summed E-state index contributed by atoms with van der Waals surface area (Å²) in [4.78, 5) is 22.6. The van der Waals surface area contributed by atoms with E-state index in [1.54, 1.807) is 0 Å². The number of nitrogens with two attached hydrogens (primary N) is 1. The van der Waals surface area contributed by atoms with Crippen molar-refractivity contribution in [2.45, 2.75) is 101 Å². The summed E-state index contributed by atoms with van der Waals surface area (Å²) in [6.07, 6.45) is 7.16. The van der Waals surface area contributed by atoms with E-state index in [1.807, 2.05) is 0 Å². The number of imidazole rings is 1. The van der Waals surface area contributed by atoms with Gasteiger partial charge < -0.3 is 30.9 Å². The molecule has 3 rings (SSSR count). The number of carbonyl (C=O) groups is 1. The van der Waals surface area contributed by atoms with E-state index in [9.17, 15) is 20.1 Å². The number of aliphatic carboxylic acids is 1. The third-order valence-electron chi connectivity index (χ3n) is 6.21. The molecule has 3 heterocycles. The van der Waals surface area contributed by atoms with E-state index >= 15 is 0 Å². The molecule has 2 aromatic heterocycles. The number of hydrogen-bond donors (Lipinski definition) is 5. The zero-order valence-electron chi connectivity index (χ0n) is 18.8. The Balaban J connectivity index is 1.36. The highest BCUT2D eigenvalue weighted by molar-refractivity contribution is 5.81. The number of nitrogens with zero attached hydrogens (tertiary/aromatic N) is 4. The second kappa shape index (κ2) is 12.2. The molecule has 1 unspecified atom stereocenters. The second-order valence-electron chi connectivity index (χ2n) is 8.74. The highest BCUT2D eigenvalue weighted by atomic mass is 16.6. The fourth-order valence-electron chi connectivity index (χ4n) is 4.32. The Hall–Kier alpha value is -2.34. The van der Waals surface area contributed by atoms with E-state index in [2.05, 4.69) is 15.0 Å². The molecule has 11 heteroatoms. The molecule has 2 aromatic rings. The van der Waals surface area contributed by atoms with Crippen molar-refractivity contribution in [1.82, 2.24) is 19.5 Å². The van der Waals surface area contributed by atoms with Gasteiger partial charge in [0.1, 0.15) is 30.2 Å². The standard InChI is InChI=1S/C22H35N5O6/c23-20-16-21(25-12-24-20)27(13-26-16)22-18(32)17(31)19(33-22)14(28)10-8-6-4-2-1-3-5-7-9-11-15(29)30/h12-14,17-19,22,28,31-32H,1-11H2,(H,29,30)(H2,23,24,25)/t14?,17-,18+,19+,22+/m0/s1. The molecule has 1 aliphatic rings. The Morgan fingerprint density at radius 3 is 2.30 bits per heavy atom. The van der Waals surface area contributed by atoms with Gasteiger partial charge in [-0.15, -0.1) is 0 Å². The number of aromatic nitrogens is 4. The summed E-state index contributed by atoms with van der Waals surface area (Å²) < 4.78 is 7.33. The van der Waals surface area contributed by atoms with Crippen LogP contribution in [0.1, 0.15) is 76.9 Å². The average molecular weight is 466 g/mol. The summed E-state index contributed by atoms with van der Waals surface area (Å²) >= 11 is 0. The molecule has 1 saturated heterocycles. The predicted octanol–water partition coefficient (Wildman–Crippen LogP) is 1.76. The van der Waals surface area contributed by atoms with E-state index in [-0.39, 0.29) is 12.2 Å². The number of rotatable bonds is 14. The topological polar surface area (TPSA) is 177 Å². The van der Waals surface area contributed by atoms with Crippen LogP contribution in [-0.4, -0.2) is 70.3 Å². The number of unbranched alkanes of at least 4 members (excludes halogenated alkanes) is 8. The minimum atomic E-state index is -1.24. The van der Waals surface area contributed by atoms with Crippen molar-refractivity contribution in [3.63, 3.8) is 0 Å². The number of anilines is 1. The number of hydrogen-bond acceptors (Lipinski definition) is 9. The Bertz CT molecular complexity index is 893. The van der Waals surface area contributed by atoms with Crippen LogP contribution in [-0.2, 0) is 9.53 Å². The lowest BCUT2D eigenvalue weighted by atomic mass is 9.99. The number of ether oxygens (including phenoxy) is 1. The molecule has 6 N–H and O–H groups in total. The lowest BCUT2D eigenvalue weighted by molar-refractivity contribution is -0.137. The third-order valence-corrected chi connectivity index (χ3v) is 6.21. The van der Waals surface area contributed by atoms with Crippen molar-refractivity contribution in [3.05, 3.63) is 12.7 Å². The highest BCUT2D eigenvalue weighted by Gasteiger charge is 2.47. The summed E-state index contributed by atoms with van der Waals surface area (Å²) in [5.41, 5.74) is 6.57. The van der Waals surface area contributed by atoms with Crippen LogP contribution in [0.3, 0.4) is 0 Å². The van der Waals surface area contributed by atoms with Gasteiger partial charge in [-0.2, -0.15) is 0 Å². The minimum absolute atomic E-state index is 0.210. The van der Waals surface area contributed by atoms with Crippen LogP contribution in [0.25, 0.3) is 11.2 Å². The van der Waals surface area contributed by atoms with Gasteiger partial charge in [-0.3, -0.25) is 9.36 Å². The fraction of sp³-hybridized carbons (Fsp3) is 0.727. The van der Waals surface area contributed by atoms with Gasteiger partial charge in [0.05, 0.1) is 12.4 Å². The summed E-state index contributed by atoms with van der Waals surface area (Å²) in [5.74, 6) is -0.519. The van der Waals surface area contributed by atoms with E-state index in [0.29, 0.717) is 17.6 Å². The zero-order valence-corrected chi connectivity index (χ0v) is 18.8. The van der Waals surface area contributed by atoms with Crippen molar-refractivity contribution >= 4 is 23.0 Å². The van der Waals surface area contributed by atoms with E-state index in [0.717, 1.165) is 57.8 Å². The van der Waals surface area contributed by atoms with Crippen LogP contribution in [0.5, 0.6) is 0 Å². The normalized spacial score (nSPS) is 23.8. The molecule has 0 aliphatic carbocycles. The third kappa shape index (κ3) is 6.59. The van der Waals surface area contributed by atoms with Gasteiger partial charge in [-0.05, 0) is 12.8 Å². The van der Waals surface area contributed by atoms with Gasteiger partial charge in [-0.25, -0.2) is 15.0 Å². The van der Waals surface area contributed by atoms with Gasteiger partial charge in [0.25, 0.3) is 0 Å². The lowest BCUT2D eigenvalue weighted by Gasteiger charge is -2.21. The first-order valence-electron chi connectivity index (χ1n) is 11.7. The van der Waals surface area contributed by atoms with Crippen LogP contribution in [0.4, 0.5) is 5.82 Å². The number of aliphatic hydroxyl groups excluding tert-OH is 3. The molecule has 1 fully saturated rings. The first kappa shape index (κ1) is 25.3. The van der Waals surface area contributed by atoms with Crippen molar-refractivity contribution in [2.24, 2.45) is 0 Å². The van der Waals surface area contributed by atoms with E-state index in [1.165, 1.54) is 17.2 Å². The van der Waals surface area contributed by atoms with Crippen molar-refractivity contribution in [3.8, 4) is 0 Å². The van der Waals surface area contributed by atoms with Crippen molar-refractivity contribution in [2.75, 3.05) is 5.73 Å². The predicted molar refractivity (Wildman–Crippen MR) is 120 cm³/mol. The first-order chi connectivity index (χ1) is 15.9. The molecule has 1 aliphatic heterocycles. The van der Waals surface area contributed by atoms with Crippen LogP contribution in [0.15, 0.2) is 12.7 Å². The van der Waals surface area contributed by atoms with Crippen LogP contribution >= 0.6 is 0 Å². The van der Waals surface area contributed by atoms with Gasteiger partial charge in [0, 0.05) is 6.42 Å². The van der Waals surface area contributed by atoms with E-state index in [4.69, 9.17) is 15.6 Å². The van der Waals surface area contributed by atoms with Crippen LogP contribution < -0.4 is 5.73 Å².